The molecule has 1 atom stereocenters. The van der Waals surface area contributed by atoms with Crippen LogP contribution >= 0.6 is 0 Å². The van der Waals surface area contributed by atoms with Crippen molar-refractivity contribution >= 4 is 31.6 Å². The summed E-state index contributed by atoms with van der Waals surface area (Å²) in [5.74, 6) is -0.423. The number of carbonyl (C=O) groups is 1. The second-order valence-electron chi connectivity index (χ2n) is 6.23. The molecule has 1 amide bonds. The topological polar surface area (TPSA) is 131 Å². The first-order chi connectivity index (χ1) is 13.5. The molecular formula is C18H23N3O6S2. The van der Waals surface area contributed by atoms with E-state index in [-0.39, 0.29) is 16.2 Å². The van der Waals surface area contributed by atoms with Gasteiger partial charge in [-0.3, -0.25) is 9.52 Å². The maximum absolute atomic E-state index is 12.7. The minimum absolute atomic E-state index is 0.103. The van der Waals surface area contributed by atoms with Crippen molar-refractivity contribution in [2.75, 3.05) is 25.1 Å². The fourth-order valence-electron chi connectivity index (χ4n) is 2.66. The van der Waals surface area contributed by atoms with Crippen molar-refractivity contribution in [1.29, 1.82) is 0 Å². The van der Waals surface area contributed by atoms with Crippen LogP contribution in [-0.2, 0) is 20.0 Å². The van der Waals surface area contributed by atoms with Crippen LogP contribution in [0.1, 0.15) is 28.9 Å². The lowest BCUT2D eigenvalue weighted by Crippen LogP contribution is -2.28. The van der Waals surface area contributed by atoms with Crippen LogP contribution in [0, 0.1) is 0 Å². The van der Waals surface area contributed by atoms with Gasteiger partial charge in [-0.2, -0.15) is 0 Å². The number of hydrogen-bond donors (Lipinski definition) is 3. The average molecular weight is 442 g/mol. The van der Waals surface area contributed by atoms with E-state index in [1.54, 1.807) is 31.2 Å². The van der Waals surface area contributed by atoms with Crippen LogP contribution < -0.4 is 19.5 Å². The first-order valence-electron chi connectivity index (χ1n) is 8.47. The molecule has 0 aliphatic heterocycles. The second-order valence-corrected chi connectivity index (χ2v) is 9.83. The van der Waals surface area contributed by atoms with Crippen molar-refractivity contribution in [2.45, 2.75) is 17.9 Å². The van der Waals surface area contributed by atoms with Gasteiger partial charge in [-0.15, -0.1) is 0 Å². The summed E-state index contributed by atoms with van der Waals surface area (Å²) in [6.45, 7) is 1.69. The van der Waals surface area contributed by atoms with Crippen LogP contribution in [0.3, 0.4) is 0 Å². The van der Waals surface area contributed by atoms with Crippen molar-refractivity contribution in [2.24, 2.45) is 0 Å². The Hall–Kier alpha value is -2.63. The third kappa shape index (κ3) is 5.68. The van der Waals surface area contributed by atoms with Gasteiger partial charge in [-0.25, -0.2) is 21.6 Å². The van der Waals surface area contributed by atoms with Gasteiger partial charge in [0.05, 0.1) is 25.1 Å². The van der Waals surface area contributed by atoms with Crippen molar-refractivity contribution < 1.29 is 26.4 Å². The van der Waals surface area contributed by atoms with E-state index in [1.807, 2.05) is 0 Å². The summed E-state index contributed by atoms with van der Waals surface area (Å²) < 4.78 is 57.2. The Morgan fingerprint density at radius 3 is 2.31 bits per heavy atom. The van der Waals surface area contributed by atoms with Gasteiger partial charge in [-0.05, 0) is 43.8 Å². The van der Waals surface area contributed by atoms with Crippen LogP contribution in [0.15, 0.2) is 47.4 Å². The number of para-hydroxylation sites is 1. The average Bonchev–Trinajstić information content (AvgIpc) is 2.66. The molecular weight excluding hydrogens is 418 g/mol. The number of methoxy groups -OCH3 is 1. The fourth-order valence-corrected chi connectivity index (χ4v) is 4.17. The Morgan fingerprint density at radius 1 is 1.07 bits per heavy atom. The molecule has 0 aliphatic rings. The van der Waals surface area contributed by atoms with Crippen molar-refractivity contribution in [3.05, 3.63) is 53.6 Å². The molecule has 2 aromatic carbocycles. The number of sulfonamides is 2. The summed E-state index contributed by atoms with van der Waals surface area (Å²) in [4.78, 5) is 12.5. The van der Waals surface area contributed by atoms with E-state index in [2.05, 4.69) is 14.8 Å². The van der Waals surface area contributed by atoms with Gasteiger partial charge in [0, 0.05) is 5.56 Å². The normalized spacial score (nSPS) is 12.8. The lowest BCUT2D eigenvalue weighted by Gasteiger charge is -2.19. The molecule has 2 aromatic rings. The van der Waals surface area contributed by atoms with E-state index < -0.39 is 32.0 Å². The highest BCUT2D eigenvalue weighted by Crippen LogP contribution is 2.26. The van der Waals surface area contributed by atoms with E-state index in [1.165, 1.54) is 32.4 Å². The van der Waals surface area contributed by atoms with E-state index in [4.69, 9.17) is 4.74 Å². The molecule has 0 aliphatic carbocycles. The Labute approximate surface area is 170 Å². The van der Waals surface area contributed by atoms with Gasteiger partial charge < -0.3 is 10.1 Å². The van der Waals surface area contributed by atoms with E-state index in [0.29, 0.717) is 11.3 Å². The molecule has 11 heteroatoms. The Balaban J connectivity index is 2.33. The molecule has 0 aromatic heterocycles. The highest BCUT2D eigenvalue weighted by molar-refractivity contribution is 7.92. The molecule has 0 heterocycles. The zero-order valence-electron chi connectivity index (χ0n) is 16.4. The maximum Gasteiger partial charge on any atom is 0.251 e. The van der Waals surface area contributed by atoms with E-state index in [9.17, 15) is 21.6 Å². The molecule has 0 bridgehead atoms. The van der Waals surface area contributed by atoms with Gasteiger partial charge in [0.25, 0.3) is 5.91 Å². The molecule has 29 heavy (non-hydrogen) atoms. The Bertz CT molecular complexity index is 1110. The number of anilines is 1. The number of amides is 1. The number of benzene rings is 2. The summed E-state index contributed by atoms with van der Waals surface area (Å²) in [6, 6.07) is 10.2. The second kappa shape index (κ2) is 8.80. The van der Waals surface area contributed by atoms with Crippen LogP contribution in [0.25, 0.3) is 0 Å². The largest absolute Gasteiger partial charge is 0.495 e. The van der Waals surface area contributed by atoms with Gasteiger partial charge in [0.2, 0.25) is 20.0 Å². The third-order valence-corrected chi connectivity index (χ3v) is 6.08. The lowest BCUT2D eigenvalue weighted by atomic mass is 10.1. The number of nitrogens with one attached hydrogen (secondary N) is 3. The first-order valence-corrected chi connectivity index (χ1v) is 11.8. The van der Waals surface area contributed by atoms with E-state index in [0.717, 1.165) is 6.26 Å². The summed E-state index contributed by atoms with van der Waals surface area (Å²) in [5.41, 5.74) is 1.01. The lowest BCUT2D eigenvalue weighted by molar-refractivity contribution is 0.0939. The predicted molar refractivity (Wildman–Crippen MR) is 110 cm³/mol. The van der Waals surface area contributed by atoms with Crippen LogP contribution in [0.2, 0.25) is 0 Å². The molecule has 2 rings (SSSR count). The fraction of sp³-hybridized carbons (Fsp3) is 0.278. The number of ether oxygens (including phenoxy) is 1. The van der Waals surface area contributed by atoms with E-state index >= 15 is 0 Å². The number of carbonyl (C=O) groups excluding carboxylic acids is 1. The summed E-state index contributed by atoms with van der Waals surface area (Å²) in [5, 5.41) is 2.74. The SMILES string of the molecule is CNS(=O)(=O)c1cc(C(=O)NC(C)c2ccccc2NS(C)(=O)=O)ccc1OC. The van der Waals surface area contributed by atoms with Crippen molar-refractivity contribution in [3.8, 4) is 5.75 Å². The minimum Gasteiger partial charge on any atom is -0.495 e. The number of hydrogen-bond acceptors (Lipinski definition) is 6. The molecule has 0 saturated heterocycles. The van der Waals surface area contributed by atoms with Gasteiger partial charge in [-0.1, -0.05) is 18.2 Å². The van der Waals surface area contributed by atoms with Crippen molar-refractivity contribution in [3.63, 3.8) is 0 Å². The van der Waals surface area contributed by atoms with Crippen LogP contribution in [0.5, 0.6) is 5.75 Å². The van der Waals surface area contributed by atoms with Crippen LogP contribution in [0.4, 0.5) is 5.69 Å². The highest BCUT2D eigenvalue weighted by Gasteiger charge is 2.21. The van der Waals surface area contributed by atoms with Crippen LogP contribution in [-0.4, -0.2) is 43.2 Å². The van der Waals surface area contributed by atoms with Gasteiger partial charge >= 0.3 is 0 Å². The molecule has 158 valence electrons. The highest BCUT2D eigenvalue weighted by atomic mass is 32.2. The molecule has 1 unspecified atom stereocenters. The standard InChI is InChI=1S/C18H23N3O6S2/c1-12(14-7-5-6-8-15(14)21-28(4,23)24)20-18(22)13-9-10-16(27-3)17(11-13)29(25,26)19-2/h5-12,19,21H,1-4H3,(H,20,22). The maximum atomic E-state index is 12.7. The first kappa shape index (κ1) is 22.7. The Kier molecular flexibility index (Phi) is 6.88. The third-order valence-electron chi connectivity index (χ3n) is 4.05. The van der Waals surface area contributed by atoms with Gasteiger partial charge in [0.15, 0.2) is 0 Å². The quantitative estimate of drug-likeness (QED) is 0.569. The molecule has 3 N–H and O–H groups in total. The summed E-state index contributed by atoms with van der Waals surface area (Å²) >= 11 is 0. The smallest absolute Gasteiger partial charge is 0.251 e. The van der Waals surface area contributed by atoms with Gasteiger partial charge in [0.1, 0.15) is 10.6 Å². The molecule has 0 radical (unpaired) electrons. The molecule has 0 fully saturated rings. The Morgan fingerprint density at radius 2 is 1.72 bits per heavy atom. The molecule has 0 saturated carbocycles. The number of rotatable bonds is 8. The monoisotopic (exact) mass is 441 g/mol. The zero-order valence-corrected chi connectivity index (χ0v) is 18.0. The molecule has 9 nitrogen and oxygen atoms in total. The minimum atomic E-state index is -3.84. The molecule has 0 spiro atoms. The summed E-state index contributed by atoms with van der Waals surface area (Å²) in [6.07, 6.45) is 1.04. The zero-order chi connectivity index (χ0) is 21.8. The predicted octanol–water partition coefficient (Wildman–Crippen LogP) is 1.47. The van der Waals surface area contributed by atoms with Crippen molar-refractivity contribution in [1.82, 2.24) is 10.0 Å². The summed E-state index contributed by atoms with van der Waals surface area (Å²) in [7, 11) is -4.74.